The first-order valence-corrected chi connectivity index (χ1v) is 11.1. The normalized spacial score (nSPS) is 11.9. The van der Waals surface area contributed by atoms with Crippen molar-refractivity contribution in [1.29, 1.82) is 0 Å². The number of unbranched alkanes of at least 4 members (excludes halogenated alkanes) is 1. The van der Waals surface area contributed by atoms with Gasteiger partial charge in [0.1, 0.15) is 0 Å². The van der Waals surface area contributed by atoms with Crippen molar-refractivity contribution in [3.05, 3.63) is 12.0 Å². The van der Waals surface area contributed by atoms with Crippen LogP contribution in [0.25, 0.3) is 0 Å². The van der Waals surface area contributed by atoms with Crippen molar-refractivity contribution in [3.63, 3.8) is 0 Å². The number of H-pyrrole nitrogens is 1. The highest BCUT2D eigenvalue weighted by Crippen LogP contribution is 2.12. The van der Waals surface area contributed by atoms with E-state index in [0.717, 1.165) is 12.5 Å². The summed E-state index contributed by atoms with van der Waals surface area (Å²) in [5.74, 6) is -0.366. The second-order valence-electron chi connectivity index (χ2n) is 5.26. The minimum Gasteiger partial charge on any atom is -0.364 e. The van der Waals surface area contributed by atoms with Gasteiger partial charge in [-0.15, -0.1) is 5.11 Å². The van der Waals surface area contributed by atoms with Gasteiger partial charge in [0.25, 0.3) is 26.1 Å². The van der Waals surface area contributed by atoms with Gasteiger partial charge >= 0.3 is 0 Å². The molecule has 0 saturated carbocycles. The molecule has 15 heteroatoms. The largest absolute Gasteiger partial charge is 0.364 e. The van der Waals surface area contributed by atoms with E-state index in [1.54, 1.807) is 14.1 Å². The zero-order valence-electron chi connectivity index (χ0n) is 15.4. The highest BCUT2D eigenvalue weighted by atomic mass is 32.2. The number of rotatable bonds is 10. The Hall–Kier alpha value is -2.10. The van der Waals surface area contributed by atoms with Crippen molar-refractivity contribution in [2.24, 2.45) is 16.1 Å². The van der Waals surface area contributed by atoms with Crippen molar-refractivity contribution >= 4 is 32.0 Å². The summed E-state index contributed by atoms with van der Waals surface area (Å²) in [4.78, 5) is 17.1. The minimum atomic E-state index is -3.40. The van der Waals surface area contributed by atoms with Crippen LogP contribution >= 0.6 is 0 Å². The lowest BCUT2D eigenvalue weighted by atomic mass is 10.3. The highest BCUT2D eigenvalue weighted by Gasteiger charge is 2.10. The smallest absolute Gasteiger partial charge is 0.271 e. The lowest BCUT2D eigenvalue weighted by Gasteiger charge is -2.01. The second kappa shape index (κ2) is 11.6. The van der Waals surface area contributed by atoms with Crippen LogP contribution in [0.3, 0.4) is 0 Å². The highest BCUT2D eigenvalue weighted by molar-refractivity contribution is 7.86. The summed E-state index contributed by atoms with van der Waals surface area (Å²) in [5.41, 5.74) is 5.12. The molecule has 156 valence electrons. The second-order valence-corrected chi connectivity index (χ2v) is 8.55. The van der Waals surface area contributed by atoms with Crippen LogP contribution in [0, 0.1) is 0 Å². The Kier molecular flexibility index (Phi) is 10.7. The van der Waals surface area contributed by atoms with E-state index >= 15 is 0 Å². The number of nitrogens with zero attached hydrogens (tertiary/aromatic N) is 4. The molecule has 0 aromatic carbocycles. The Morgan fingerprint density at radius 1 is 1.15 bits per heavy atom. The van der Waals surface area contributed by atoms with Crippen molar-refractivity contribution in [2.75, 3.05) is 39.8 Å². The fraction of sp³-hybridized carbons (Fsp3) is 0.667. The van der Waals surface area contributed by atoms with Crippen LogP contribution in [-0.4, -0.2) is 77.5 Å². The summed E-state index contributed by atoms with van der Waals surface area (Å²) in [6, 6.07) is 0. The summed E-state index contributed by atoms with van der Waals surface area (Å²) >= 11 is 0. The average Bonchev–Trinajstić information content (AvgIpc) is 2.96. The number of amides is 1. The van der Waals surface area contributed by atoms with Crippen LogP contribution in [-0.2, 0) is 28.6 Å². The molecular formula is C12H24N6O7S2. The van der Waals surface area contributed by atoms with E-state index in [9.17, 15) is 21.6 Å². The van der Waals surface area contributed by atoms with Crippen LogP contribution in [0.4, 0.5) is 5.82 Å². The molecular weight excluding hydrogens is 404 g/mol. The molecule has 0 aliphatic rings. The SMILES string of the molecule is CN(C)/N=N/c1[nH]cnc1C(N)=O.CS(=O)(=O)OCCCCOS(C)(=O)=O. The number of carbonyl (C=O) groups excluding carboxylic acids is 1. The number of primary amides is 1. The molecule has 1 heterocycles. The number of hydrogen-bond donors (Lipinski definition) is 2. The quantitative estimate of drug-likeness (QED) is 0.220. The maximum Gasteiger partial charge on any atom is 0.271 e. The Bertz CT molecular complexity index is 781. The van der Waals surface area contributed by atoms with Gasteiger partial charge < -0.3 is 10.7 Å². The predicted molar refractivity (Wildman–Crippen MR) is 96.1 cm³/mol. The van der Waals surface area contributed by atoms with Crippen molar-refractivity contribution in [3.8, 4) is 0 Å². The zero-order valence-corrected chi connectivity index (χ0v) is 17.1. The predicted octanol–water partition coefficient (Wildman–Crippen LogP) is -0.212. The standard InChI is InChI=1S/C6H10N6O.C6H14O6S2/c1-12(2)11-10-6-4(5(7)13)8-3-9-6;1-13(7,8)11-5-3-4-6-12-14(2,9)10/h3H,1-2H3,(H2,7,13)(H,8,9);3-6H2,1-2H3/b11-10+;. The zero-order chi connectivity index (χ0) is 21.1. The molecule has 0 radical (unpaired) electrons. The maximum atomic E-state index is 10.8. The summed E-state index contributed by atoms with van der Waals surface area (Å²) in [5, 5.41) is 8.90. The molecule has 0 saturated heterocycles. The van der Waals surface area contributed by atoms with E-state index < -0.39 is 26.1 Å². The third-order valence-electron chi connectivity index (χ3n) is 2.31. The van der Waals surface area contributed by atoms with Crippen LogP contribution in [0.1, 0.15) is 23.3 Å². The molecule has 27 heavy (non-hydrogen) atoms. The topological polar surface area (TPSA) is 186 Å². The van der Waals surface area contributed by atoms with E-state index in [1.165, 1.54) is 11.3 Å². The maximum absolute atomic E-state index is 10.8. The Balaban J connectivity index is 0.000000501. The van der Waals surface area contributed by atoms with E-state index in [4.69, 9.17) is 5.73 Å². The van der Waals surface area contributed by atoms with Crippen molar-refractivity contribution in [2.45, 2.75) is 12.8 Å². The Labute approximate surface area is 158 Å². The van der Waals surface area contributed by atoms with Gasteiger partial charge in [-0.05, 0) is 12.8 Å². The fourth-order valence-corrected chi connectivity index (χ4v) is 2.14. The molecule has 0 aliphatic heterocycles. The number of aromatic nitrogens is 2. The van der Waals surface area contributed by atoms with Gasteiger partial charge in [0.2, 0.25) is 0 Å². The molecule has 1 rings (SSSR count). The lowest BCUT2D eigenvalue weighted by Crippen LogP contribution is -2.11. The molecule has 0 unspecified atom stereocenters. The number of nitrogens with one attached hydrogen (secondary N) is 1. The van der Waals surface area contributed by atoms with Crippen molar-refractivity contribution in [1.82, 2.24) is 15.0 Å². The Morgan fingerprint density at radius 3 is 2.00 bits per heavy atom. The van der Waals surface area contributed by atoms with Gasteiger partial charge in [-0.1, -0.05) is 5.22 Å². The van der Waals surface area contributed by atoms with Gasteiger partial charge in [-0.2, -0.15) is 16.8 Å². The first kappa shape index (κ1) is 24.9. The summed E-state index contributed by atoms with van der Waals surface area (Å²) < 4.78 is 50.8. The van der Waals surface area contributed by atoms with Gasteiger partial charge in [0, 0.05) is 14.1 Å². The van der Waals surface area contributed by atoms with Crippen LogP contribution in [0.2, 0.25) is 0 Å². The number of imidazole rings is 1. The number of aromatic amines is 1. The summed E-state index contributed by atoms with van der Waals surface area (Å²) in [7, 11) is -3.37. The van der Waals surface area contributed by atoms with Gasteiger partial charge in [-0.25, -0.2) is 4.98 Å². The molecule has 0 spiro atoms. The number of hydrogen-bond acceptors (Lipinski definition) is 10. The third kappa shape index (κ3) is 14.7. The number of carbonyl (C=O) groups is 1. The van der Waals surface area contributed by atoms with E-state index in [0.29, 0.717) is 12.8 Å². The first-order chi connectivity index (χ1) is 12.3. The third-order valence-corrected chi connectivity index (χ3v) is 3.50. The van der Waals surface area contributed by atoms with E-state index in [-0.39, 0.29) is 24.7 Å². The summed E-state index contributed by atoms with van der Waals surface area (Å²) in [6.07, 6.45) is 4.12. The molecule has 0 bridgehead atoms. The van der Waals surface area contributed by atoms with Gasteiger partial charge in [-0.3, -0.25) is 18.2 Å². The van der Waals surface area contributed by atoms with Crippen molar-refractivity contribution < 1.29 is 30.0 Å². The lowest BCUT2D eigenvalue weighted by molar-refractivity contribution is 0.0996. The van der Waals surface area contributed by atoms with Gasteiger partial charge in [0.05, 0.1) is 32.1 Å². The van der Waals surface area contributed by atoms with E-state index in [1.807, 2.05) is 0 Å². The molecule has 0 atom stereocenters. The Morgan fingerprint density at radius 2 is 1.63 bits per heavy atom. The van der Waals surface area contributed by atoms with Crippen LogP contribution < -0.4 is 5.73 Å². The minimum absolute atomic E-state index is 0.0476. The molecule has 1 aromatic rings. The van der Waals surface area contributed by atoms with E-state index in [2.05, 4.69) is 28.7 Å². The fourth-order valence-electron chi connectivity index (χ4n) is 1.30. The average molecular weight is 428 g/mol. The first-order valence-electron chi connectivity index (χ1n) is 7.43. The van der Waals surface area contributed by atoms with Gasteiger partial charge in [0.15, 0.2) is 11.5 Å². The van der Waals surface area contributed by atoms with Crippen LogP contribution in [0.5, 0.6) is 0 Å². The summed E-state index contributed by atoms with van der Waals surface area (Å²) in [6.45, 7) is 0.0951. The monoisotopic (exact) mass is 428 g/mol. The molecule has 1 aromatic heterocycles. The molecule has 13 nitrogen and oxygen atoms in total. The molecule has 0 aliphatic carbocycles. The molecule has 0 fully saturated rings. The van der Waals surface area contributed by atoms with Crippen LogP contribution in [0.15, 0.2) is 16.7 Å². The molecule has 1 amide bonds. The number of nitrogens with two attached hydrogens (primary N) is 1. The molecule has 3 N–H and O–H groups in total.